The highest BCUT2D eigenvalue weighted by molar-refractivity contribution is 5.68. The molecule has 4 aliphatic carbocycles. The number of aliphatic hydroxyl groups is 1. The van der Waals surface area contributed by atoms with Gasteiger partial charge in [0.05, 0.1) is 13.2 Å². The van der Waals surface area contributed by atoms with Crippen LogP contribution in [0.3, 0.4) is 0 Å². The van der Waals surface area contributed by atoms with Gasteiger partial charge in [-0.15, -0.1) is 0 Å². The second-order valence-corrected chi connectivity index (χ2v) is 13.1. The molecule has 5 heteroatoms. The SMILES string of the molecule is COC(=O)CCCC1CCC2C3CC(O)[C@H]4C[C@H](NCCNC(C)C)CCC4(C)C3CCC12C. The molecule has 0 radical (unpaired) electrons. The van der Waals surface area contributed by atoms with E-state index in [-0.39, 0.29) is 12.1 Å². The zero-order chi connectivity index (χ0) is 24.5. The first kappa shape index (κ1) is 26.4. The second kappa shape index (κ2) is 10.8. The van der Waals surface area contributed by atoms with Gasteiger partial charge in [-0.1, -0.05) is 27.7 Å². The summed E-state index contributed by atoms with van der Waals surface area (Å²) in [7, 11) is 1.49. The summed E-state index contributed by atoms with van der Waals surface area (Å²) < 4.78 is 4.86. The number of hydrogen-bond acceptors (Lipinski definition) is 5. The van der Waals surface area contributed by atoms with Gasteiger partial charge in [-0.25, -0.2) is 0 Å². The minimum Gasteiger partial charge on any atom is -0.469 e. The molecule has 0 aliphatic heterocycles. The predicted molar refractivity (Wildman–Crippen MR) is 137 cm³/mol. The van der Waals surface area contributed by atoms with Gasteiger partial charge in [-0.05, 0) is 105 Å². The van der Waals surface area contributed by atoms with E-state index in [1.54, 1.807) is 0 Å². The Hall–Kier alpha value is -0.650. The van der Waals surface area contributed by atoms with Crippen molar-refractivity contribution in [1.82, 2.24) is 10.6 Å². The molecule has 0 spiro atoms. The summed E-state index contributed by atoms with van der Waals surface area (Å²) >= 11 is 0. The van der Waals surface area contributed by atoms with Crippen molar-refractivity contribution in [1.29, 1.82) is 0 Å². The van der Waals surface area contributed by atoms with Crippen molar-refractivity contribution < 1.29 is 14.6 Å². The molecular formula is C29H52N2O3. The Morgan fingerprint density at radius 3 is 2.47 bits per heavy atom. The van der Waals surface area contributed by atoms with Gasteiger partial charge in [0.2, 0.25) is 0 Å². The van der Waals surface area contributed by atoms with Crippen LogP contribution in [0.15, 0.2) is 0 Å². The third-order valence-corrected chi connectivity index (χ3v) is 11.1. The molecule has 4 rings (SSSR count). The molecule has 4 fully saturated rings. The van der Waals surface area contributed by atoms with E-state index in [0.717, 1.165) is 56.5 Å². The number of ether oxygens (including phenoxy) is 1. The fourth-order valence-electron chi connectivity index (χ4n) is 9.30. The van der Waals surface area contributed by atoms with Crippen LogP contribution in [0.25, 0.3) is 0 Å². The number of nitrogens with one attached hydrogen (secondary N) is 2. The Morgan fingerprint density at radius 2 is 1.74 bits per heavy atom. The molecule has 4 saturated carbocycles. The van der Waals surface area contributed by atoms with Crippen molar-refractivity contribution in [2.75, 3.05) is 20.2 Å². The van der Waals surface area contributed by atoms with Gasteiger partial charge in [0.15, 0.2) is 0 Å². The van der Waals surface area contributed by atoms with E-state index >= 15 is 0 Å². The average Bonchev–Trinajstić information content (AvgIpc) is 3.13. The molecule has 0 aromatic rings. The van der Waals surface area contributed by atoms with Gasteiger partial charge in [-0.3, -0.25) is 4.79 Å². The maximum atomic E-state index is 11.6. The molecule has 3 N–H and O–H groups in total. The standard InChI is InChI=1S/C29H52N2O3/c1-19(2)30-15-16-31-21-11-13-29(4)24-12-14-28(3)20(7-6-8-27(33)34-5)9-10-23(28)22(24)18-26(32)25(29)17-21/h19-26,30-32H,6-18H2,1-5H3/t20?,21-,22?,23?,24?,25-,26?,28?,29?/m1/s1. The van der Waals surface area contributed by atoms with Crippen molar-refractivity contribution in [3.05, 3.63) is 0 Å². The maximum Gasteiger partial charge on any atom is 0.305 e. The van der Waals surface area contributed by atoms with Gasteiger partial charge >= 0.3 is 5.97 Å². The summed E-state index contributed by atoms with van der Waals surface area (Å²) in [6.45, 7) is 11.5. The van der Waals surface area contributed by atoms with Crippen molar-refractivity contribution in [3.63, 3.8) is 0 Å². The fourth-order valence-corrected chi connectivity index (χ4v) is 9.30. The number of carbonyl (C=O) groups excluding carboxylic acids is 1. The third-order valence-electron chi connectivity index (χ3n) is 11.1. The third kappa shape index (κ3) is 5.09. The molecule has 0 heterocycles. The molecule has 0 amide bonds. The Labute approximate surface area is 208 Å². The maximum absolute atomic E-state index is 11.6. The Kier molecular flexibility index (Phi) is 8.36. The summed E-state index contributed by atoms with van der Waals surface area (Å²) in [5.74, 6) is 3.31. The molecule has 5 nitrogen and oxygen atoms in total. The molecule has 4 aliphatic rings. The lowest BCUT2D eigenvalue weighted by Gasteiger charge is -2.62. The minimum atomic E-state index is -0.148. The van der Waals surface area contributed by atoms with Crippen LogP contribution >= 0.6 is 0 Å². The first-order valence-corrected chi connectivity index (χ1v) is 14.4. The lowest BCUT2D eigenvalue weighted by Crippen LogP contribution is -2.59. The normalized spacial score (nSPS) is 43.8. The summed E-state index contributed by atoms with van der Waals surface area (Å²) in [4.78, 5) is 11.6. The average molecular weight is 477 g/mol. The smallest absolute Gasteiger partial charge is 0.305 e. The Morgan fingerprint density at radius 1 is 1.00 bits per heavy atom. The van der Waals surface area contributed by atoms with E-state index in [4.69, 9.17) is 4.74 Å². The van der Waals surface area contributed by atoms with Gasteiger partial charge < -0.3 is 20.5 Å². The highest BCUT2D eigenvalue weighted by atomic mass is 16.5. The topological polar surface area (TPSA) is 70.6 Å². The molecule has 0 saturated heterocycles. The number of fused-ring (bicyclic) bond motifs is 5. The van der Waals surface area contributed by atoms with Crippen LogP contribution in [0, 0.1) is 40.4 Å². The highest BCUT2D eigenvalue weighted by Gasteiger charge is 2.61. The zero-order valence-corrected chi connectivity index (χ0v) is 22.6. The fraction of sp³-hybridized carbons (Fsp3) is 0.966. The van der Waals surface area contributed by atoms with Crippen molar-refractivity contribution in [3.8, 4) is 0 Å². The van der Waals surface area contributed by atoms with Gasteiger partial charge in [0.1, 0.15) is 0 Å². The lowest BCUT2D eigenvalue weighted by atomic mass is 9.44. The van der Waals surface area contributed by atoms with E-state index in [1.165, 1.54) is 45.6 Å². The number of esters is 1. The van der Waals surface area contributed by atoms with Gasteiger partial charge in [0.25, 0.3) is 0 Å². The number of hydrogen-bond donors (Lipinski definition) is 3. The van der Waals surface area contributed by atoms with Crippen LogP contribution in [0.4, 0.5) is 0 Å². The Bertz CT molecular complexity index is 699. The molecule has 0 aromatic heterocycles. The largest absolute Gasteiger partial charge is 0.469 e. The van der Waals surface area contributed by atoms with Crippen molar-refractivity contribution in [2.24, 2.45) is 40.4 Å². The molecule has 34 heavy (non-hydrogen) atoms. The first-order valence-electron chi connectivity index (χ1n) is 14.4. The van der Waals surface area contributed by atoms with Crippen LogP contribution < -0.4 is 10.6 Å². The number of rotatable bonds is 9. The predicted octanol–water partition coefficient (Wildman–Crippen LogP) is 4.92. The molecule has 7 unspecified atom stereocenters. The minimum absolute atomic E-state index is 0.0703. The van der Waals surface area contributed by atoms with Crippen LogP contribution in [0.2, 0.25) is 0 Å². The lowest BCUT2D eigenvalue weighted by molar-refractivity contribution is -0.161. The van der Waals surface area contributed by atoms with E-state index in [9.17, 15) is 9.90 Å². The summed E-state index contributed by atoms with van der Waals surface area (Å²) in [6.07, 6.45) is 12.5. The Balaban J connectivity index is 1.38. The molecule has 0 aromatic carbocycles. The second-order valence-electron chi connectivity index (χ2n) is 13.1. The summed E-state index contributed by atoms with van der Waals surface area (Å²) in [5.41, 5.74) is 0.684. The van der Waals surface area contributed by atoms with E-state index in [1.807, 2.05) is 0 Å². The van der Waals surface area contributed by atoms with Crippen molar-refractivity contribution >= 4 is 5.97 Å². The molecular weight excluding hydrogens is 424 g/mol. The first-order chi connectivity index (χ1) is 16.2. The highest BCUT2D eigenvalue weighted by Crippen LogP contribution is 2.67. The van der Waals surface area contributed by atoms with Crippen molar-refractivity contribution in [2.45, 2.75) is 117 Å². The zero-order valence-electron chi connectivity index (χ0n) is 22.6. The summed E-state index contributed by atoms with van der Waals surface area (Å²) in [6, 6.07) is 1.09. The monoisotopic (exact) mass is 476 g/mol. The van der Waals surface area contributed by atoms with Crippen LogP contribution in [0.5, 0.6) is 0 Å². The van der Waals surface area contributed by atoms with Crippen LogP contribution in [0.1, 0.15) is 98.3 Å². The number of methoxy groups -OCH3 is 1. The van der Waals surface area contributed by atoms with Crippen LogP contribution in [-0.4, -0.2) is 49.5 Å². The molecule has 0 bridgehead atoms. The number of carbonyl (C=O) groups is 1. The van der Waals surface area contributed by atoms with Crippen LogP contribution in [-0.2, 0) is 9.53 Å². The van der Waals surface area contributed by atoms with Gasteiger partial charge in [-0.2, -0.15) is 0 Å². The quantitative estimate of drug-likeness (QED) is 0.326. The molecule has 196 valence electrons. The van der Waals surface area contributed by atoms with Gasteiger partial charge in [0, 0.05) is 31.6 Å². The number of aliphatic hydroxyl groups excluding tert-OH is 1. The van der Waals surface area contributed by atoms with E-state index < -0.39 is 0 Å². The molecule has 9 atom stereocenters. The summed E-state index contributed by atoms with van der Waals surface area (Å²) in [5, 5.41) is 18.8. The van der Waals surface area contributed by atoms with E-state index in [0.29, 0.717) is 41.2 Å². The van der Waals surface area contributed by atoms with E-state index in [2.05, 4.69) is 38.3 Å².